The Bertz CT molecular complexity index is 621. The molecule has 8 heteroatoms. The molecule has 6 nitrogen and oxygen atoms in total. The molecule has 1 saturated heterocycles. The summed E-state index contributed by atoms with van der Waals surface area (Å²) in [5, 5.41) is 0. The predicted molar refractivity (Wildman–Crippen MR) is 78.0 cm³/mol. The van der Waals surface area contributed by atoms with Crippen molar-refractivity contribution in [2.75, 3.05) is 39.0 Å². The van der Waals surface area contributed by atoms with Crippen molar-refractivity contribution in [1.29, 1.82) is 0 Å². The quantitative estimate of drug-likeness (QED) is 0.782. The molecule has 0 aromatic heterocycles. The van der Waals surface area contributed by atoms with E-state index in [2.05, 4.69) is 9.62 Å². The largest absolute Gasteiger partial charge is 0.396 e. The summed E-state index contributed by atoms with van der Waals surface area (Å²) in [5.74, 6) is -0.622. The third-order valence-electron chi connectivity index (χ3n) is 3.43. The third kappa shape index (κ3) is 3.91. The van der Waals surface area contributed by atoms with E-state index >= 15 is 0 Å². The summed E-state index contributed by atoms with van der Waals surface area (Å²) in [5.41, 5.74) is 5.57. The average Bonchev–Trinajstić information content (AvgIpc) is 2.41. The van der Waals surface area contributed by atoms with Crippen LogP contribution in [0.4, 0.5) is 10.1 Å². The van der Waals surface area contributed by atoms with Gasteiger partial charge in [0, 0.05) is 19.6 Å². The number of sulfonamides is 1. The molecule has 0 bridgehead atoms. The number of likely N-dealkylation sites (N-methyl/N-ethyl adjacent to an activating group) is 1. The summed E-state index contributed by atoms with van der Waals surface area (Å²) in [6, 6.07) is 2.26. The van der Waals surface area contributed by atoms with Gasteiger partial charge in [0.05, 0.1) is 23.3 Å². The molecule has 21 heavy (non-hydrogen) atoms. The molecular weight excluding hydrogens is 297 g/mol. The van der Waals surface area contributed by atoms with Crippen LogP contribution >= 0.6 is 0 Å². The summed E-state index contributed by atoms with van der Waals surface area (Å²) in [7, 11) is -1.79. The molecule has 0 spiro atoms. The van der Waals surface area contributed by atoms with Gasteiger partial charge in [-0.3, -0.25) is 0 Å². The van der Waals surface area contributed by atoms with Gasteiger partial charge in [0.2, 0.25) is 10.0 Å². The van der Waals surface area contributed by atoms with Crippen LogP contribution in [0.15, 0.2) is 17.0 Å². The number of rotatable bonds is 4. The smallest absolute Gasteiger partial charge is 0.240 e. The first-order chi connectivity index (χ1) is 9.79. The van der Waals surface area contributed by atoms with E-state index in [-0.39, 0.29) is 23.2 Å². The highest BCUT2D eigenvalue weighted by atomic mass is 32.2. The molecule has 1 heterocycles. The van der Waals surface area contributed by atoms with E-state index in [4.69, 9.17) is 10.5 Å². The Labute approximate surface area is 124 Å². The lowest BCUT2D eigenvalue weighted by atomic mass is 10.2. The highest BCUT2D eigenvalue weighted by Gasteiger charge is 2.23. The second kappa shape index (κ2) is 6.27. The molecule has 118 valence electrons. The summed E-state index contributed by atoms with van der Waals surface area (Å²) in [4.78, 5) is 2.06. The lowest BCUT2D eigenvalue weighted by Gasteiger charge is -2.30. The average molecular weight is 317 g/mol. The molecular formula is C13H20FN3O3S. The molecule has 1 aliphatic heterocycles. The Morgan fingerprint density at radius 2 is 2.24 bits per heavy atom. The van der Waals surface area contributed by atoms with Gasteiger partial charge in [0.15, 0.2) is 0 Å². The summed E-state index contributed by atoms with van der Waals surface area (Å²) in [6.07, 6.45) is -0.198. The van der Waals surface area contributed by atoms with E-state index in [0.29, 0.717) is 18.7 Å². The van der Waals surface area contributed by atoms with Crippen LogP contribution in [-0.2, 0) is 14.8 Å². The van der Waals surface area contributed by atoms with Gasteiger partial charge in [-0.1, -0.05) is 0 Å². The maximum Gasteiger partial charge on any atom is 0.240 e. The molecule has 1 aliphatic rings. The monoisotopic (exact) mass is 317 g/mol. The van der Waals surface area contributed by atoms with Crippen LogP contribution in [0, 0.1) is 12.7 Å². The van der Waals surface area contributed by atoms with Crippen molar-refractivity contribution in [3.63, 3.8) is 0 Å². The molecule has 3 N–H and O–H groups in total. The fourth-order valence-corrected chi connectivity index (χ4v) is 3.55. The van der Waals surface area contributed by atoms with Crippen molar-refractivity contribution < 1.29 is 17.5 Å². The molecule has 1 aromatic carbocycles. The number of anilines is 1. The number of halogens is 1. The van der Waals surface area contributed by atoms with Crippen molar-refractivity contribution >= 4 is 15.7 Å². The van der Waals surface area contributed by atoms with Gasteiger partial charge in [0.25, 0.3) is 0 Å². The summed E-state index contributed by atoms with van der Waals surface area (Å²) >= 11 is 0. The Hall–Kier alpha value is -1.22. The number of nitrogens with zero attached hydrogens (tertiary/aromatic N) is 1. The number of ether oxygens (including phenoxy) is 1. The molecule has 0 aliphatic carbocycles. The molecule has 2 rings (SSSR count). The number of benzene rings is 1. The number of hydrogen-bond donors (Lipinski definition) is 2. The lowest BCUT2D eigenvalue weighted by Crippen LogP contribution is -2.45. The van der Waals surface area contributed by atoms with Crippen LogP contribution in [0.5, 0.6) is 0 Å². The fourth-order valence-electron chi connectivity index (χ4n) is 2.23. The summed E-state index contributed by atoms with van der Waals surface area (Å²) < 4.78 is 45.9. The van der Waals surface area contributed by atoms with Crippen LogP contribution in [0.25, 0.3) is 0 Å². The highest BCUT2D eigenvalue weighted by Crippen LogP contribution is 2.21. The van der Waals surface area contributed by atoms with Gasteiger partial charge in [-0.2, -0.15) is 0 Å². The highest BCUT2D eigenvalue weighted by molar-refractivity contribution is 7.89. The zero-order chi connectivity index (χ0) is 15.6. The Morgan fingerprint density at radius 3 is 2.90 bits per heavy atom. The second-order valence-electron chi connectivity index (χ2n) is 5.25. The summed E-state index contributed by atoms with van der Waals surface area (Å²) in [6.45, 7) is 3.76. The molecule has 0 radical (unpaired) electrons. The van der Waals surface area contributed by atoms with Crippen molar-refractivity contribution in [2.24, 2.45) is 0 Å². The van der Waals surface area contributed by atoms with Gasteiger partial charge < -0.3 is 15.4 Å². The van der Waals surface area contributed by atoms with Crippen LogP contribution < -0.4 is 10.5 Å². The molecule has 0 amide bonds. The van der Waals surface area contributed by atoms with Crippen LogP contribution in [-0.4, -0.2) is 52.7 Å². The third-order valence-corrected chi connectivity index (χ3v) is 4.99. The van der Waals surface area contributed by atoms with Crippen molar-refractivity contribution in [3.05, 3.63) is 23.5 Å². The standard InChI is InChI=1S/C13H20FN3O3S/c1-9-5-11(14)12(15)6-13(9)21(18,19)16-7-10-8-17(2)3-4-20-10/h5-6,10,16H,3-4,7-8,15H2,1-2H3. The number of aryl methyl sites for hydroxylation is 1. The SMILES string of the molecule is Cc1cc(F)c(N)cc1S(=O)(=O)NCC1CN(C)CCO1. The Balaban J connectivity index is 2.10. The number of nitrogen functional groups attached to an aromatic ring is 1. The molecule has 1 atom stereocenters. The second-order valence-corrected chi connectivity index (χ2v) is 6.98. The molecule has 1 unspecified atom stereocenters. The zero-order valence-electron chi connectivity index (χ0n) is 12.1. The molecule has 0 saturated carbocycles. The first-order valence-electron chi connectivity index (χ1n) is 6.65. The van der Waals surface area contributed by atoms with E-state index in [1.165, 1.54) is 6.92 Å². The fraction of sp³-hybridized carbons (Fsp3) is 0.538. The first kappa shape index (κ1) is 16.2. The molecule has 1 aromatic rings. The maximum absolute atomic E-state index is 13.3. The minimum Gasteiger partial charge on any atom is -0.396 e. The minimum atomic E-state index is -3.74. The zero-order valence-corrected chi connectivity index (χ0v) is 12.9. The number of nitrogens with one attached hydrogen (secondary N) is 1. The van der Waals surface area contributed by atoms with Crippen LogP contribution in [0.1, 0.15) is 5.56 Å². The van der Waals surface area contributed by atoms with Gasteiger partial charge >= 0.3 is 0 Å². The number of nitrogens with two attached hydrogens (primary N) is 1. The van der Waals surface area contributed by atoms with Gasteiger partial charge in [-0.25, -0.2) is 17.5 Å². The predicted octanol–water partition coefficient (Wildman–Crippen LogP) is 0.325. The van der Waals surface area contributed by atoms with Crippen LogP contribution in [0.2, 0.25) is 0 Å². The lowest BCUT2D eigenvalue weighted by molar-refractivity contribution is -0.0156. The van der Waals surface area contributed by atoms with Crippen molar-refractivity contribution in [2.45, 2.75) is 17.9 Å². The normalized spacial score (nSPS) is 20.6. The van der Waals surface area contributed by atoms with Gasteiger partial charge in [0.1, 0.15) is 5.82 Å². The Kier molecular flexibility index (Phi) is 4.82. The van der Waals surface area contributed by atoms with E-state index in [1.807, 2.05) is 7.05 Å². The van der Waals surface area contributed by atoms with E-state index < -0.39 is 15.8 Å². The number of morpholine rings is 1. The molecule has 1 fully saturated rings. The van der Waals surface area contributed by atoms with Gasteiger partial charge in [-0.05, 0) is 31.7 Å². The van der Waals surface area contributed by atoms with Gasteiger partial charge in [-0.15, -0.1) is 0 Å². The topological polar surface area (TPSA) is 84.7 Å². The van der Waals surface area contributed by atoms with E-state index in [9.17, 15) is 12.8 Å². The Morgan fingerprint density at radius 1 is 1.52 bits per heavy atom. The van der Waals surface area contributed by atoms with Crippen molar-refractivity contribution in [1.82, 2.24) is 9.62 Å². The van der Waals surface area contributed by atoms with Crippen molar-refractivity contribution in [3.8, 4) is 0 Å². The first-order valence-corrected chi connectivity index (χ1v) is 8.13. The number of hydrogen-bond acceptors (Lipinski definition) is 5. The maximum atomic E-state index is 13.3. The van der Waals surface area contributed by atoms with E-state index in [1.54, 1.807) is 0 Å². The van der Waals surface area contributed by atoms with Crippen LogP contribution in [0.3, 0.4) is 0 Å². The minimum absolute atomic E-state index is 0.00874. The van der Waals surface area contributed by atoms with E-state index in [0.717, 1.165) is 18.7 Å².